The molecule has 0 spiro atoms. The number of phenols is 1. The van der Waals surface area contributed by atoms with Gasteiger partial charge in [-0.15, -0.1) is 9.32 Å². The Balaban J connectivity index is 1.77. The Morgan fingerprint density at radius 2 is 1.58 bits per heavy atom. The fraction of sp³-hybridized carbons (Fsp3) is 0.0500. The third-order valence-electron chi connectivity index (χ3n) is 4.32. The largest absolute Gasteiger partial charge is 0.507 e. The van der Waals surface area contributed by atoms with Crippen molar-refractivity contribution in [1.29, 1.82) is 0 Å². The van der Waals surface area contributed by atoms with E-state index in [4.69, 9.17) is 19.5 Å². The Hall–Kier alpha value is -3.80. The number of carboxylic acids is 3. The quantitative estimate of drug-likeness (QED) is 0.148. The number of aryl methyl sites for hydroxylation is 1. The molecule has 0 aliphatic heterocycles. The van der Waals surface area contributed by atoms with Gasteiger partial charge in [0.15, 0.2) is 0 Å². The molecule has 10 nitrogen and oxygen atoms in total. The van der Waals surface area contributed by atoms with Crippen molar-refractivity contribution in [2.24, 2.45) is 0 Å². The highest BCUT2D eigenvalue weighted by Crippen LogP contribution is 2.37. The molecule has 0 aromatic heterocycles. The lowest BCUT2D eigenvalue weighted by molar-refractivity contribution is -0.161. The van der Waals surface area contributed by atoms with E-state index >= 15 is 0 Å². The van der Waals surface area contributed by atoms with Crippen molar-refractivity contribution in [2.45, 2.75) is 11.8 Å². The Morgan fingerprint density at radius 3 is 2.16 bits per heavy atom. The first-order valence-electron chi connectivity index (χ1n) is 8.55. The van der Waals surface area contributed by atoms with Gasteiger partial charge in [-0.1, -0.05) is 12.1 Å². The van der Waals surface area contributed by atoms with Gasteiger partial charge in [0.25, 0.3) is 0 Å². The molecule has 11 heteroatoms. The van der Waals surface area contributed by atoms with Crippen LogP contribution in [0.1, 0.15) is 36.6 Å². The maximum absolute atomic E-state index is 11.3. The summed E-state index contributed by atoms with van der Waals surface area (Å²) >= 11 is 0.751. The molecule has 3 aromatic carbocycles. The number of aromatic hydroxyl groups is 1. The molecule has 3 rings (SSSR count). The van der Waals surface area contributed by atoms with E-state index in [1.54, 1.807) is 25.1 Å². The van der Waals surface area contributed by atoms with Gasteiger partial charge in [0.1, 0.15) is 11.3 Å². The Bertz CT molecular complexity index is 1180. The topological polar surface area (TPSA) is 163 Å². The molecular weight excluding hydrogens is 430 g/mol. The van der Waals surface area contributed by atoms with Crippen LogP contribution in [0.4, 0.5) is 5.69 Å². The summed E-state index contributed by atoms with van der Waals surface area (Å²) in [6.07, 6.45) is 0. The summed E-state index contributed by atoms with van der Waals surface area (Å²) in [5, 5.41) is 38.7. The number of hydrogen-bond donors (Lipinski definition) is 5. The van der Waals surface area contributed by atoms with Crippen molar-refractivity contribution < 1.29 is 44.1 Å². The zero-order valence-corrected chi connectivity index (χ0v) is 16.6. The van der Waals surface area contributed by atoms with Crippen LogP contribution in [0.3, 0.4) is 0 Å². The minimum absolute atomic E-state index is 0.0377. The van der Waals surface area contributed by atoms with E-state index in [1.807, 2.05) is 0 Å². The first kappa shape index (κ1) is 21.9. The fourth-order valence-electron chi connectivity index (χ4n) is 2.90. The molecule has 0 aliphatic rings. The van der Waals surface area contributed by atoms with Gasteiger partial charge in [-0.3, -0.25) is 0 Å². The van der Waals surface area contributed by atoms with E-state index in [0.29, 0.717) is 21.2 Å². The number of rotatable bonds is 8. The van der Waals surface area contributed by atoms with Crippen molar-refractivity contribution in [3.63, 3.8) is 0 Å². The van der Waals surface area contributed by atoms with Crippen LogP contribution < -0.4 is 5.48 Å². The van der Waals surface area contributed by atoms with E-state index < -0.39 is 17.9 Å². The lowest BCUT2D eigenvalue weighted by Crippen LogP contribution is -2.06. The van der Waals surface area contributed by atoms with E-state index in [9.17, 15) is 24.6 Å². The summed E-state index contributed by atoms with van der Waals surface area (Å²) in [6.45, 7) is 1.57. The molecule has 0 atom stereocenters. The average molecular weight is 445 g/mol. The van der Waals surface area contributed by atoms with Crippen LogP contribution in [0.2, 0.25) is 0 Å². The van der Waals surface area contributed by atoms with Crippen LogP contribution >= 0.6 is 12.0 Å². The third kappa shape index (κ3) is 4.69. The van der Waals surface area contributed by atoms with Gasteiger partial charge >= 0.3 is 17.9 Å². The second kappa shape index (κ2) is 8.92. The summed E-state index contributed by atoms with van der Waals surface area (Å²) in [6, 6.07) is 9.68. The van der Waals surface area contributed by atoms with Crippen LogP contribution in [-0.4, -0.2) is 38.3 Å². The van der Waals surface area contributed by atoms with Gasteiger partial charge in [0, 0.05) is 15.8 Å². The number of benzene rings is 3. The number of hydrogen-bond acceptors (Lipinski definition) is 8. The molecule has 31 heavy (non-hydrogen) atoms. The zero-order valence-electron chi connectivity index (χ0n) is 15.8. The molecule has 0 radical (unpaired) electrons. The van der Waals surface area contributed by atoms with Crippen LogP contribution in [0, 0.1) is 6.92 Å². The Labute approximate surface area is 178 Å². The van der Waals surface area contributed by atoms with Crippen molar-refractivity contribution in [3.05, 3.63) is 64.7 Å². The number of anilines is 1. The molecule has 160 valence electrons. The van der Waals surface area contributed by atoms with Crippen molar-refractivity contribution >= 4 is 46.4 Å². The molecule has 0 bridgehead atoms. The molecular formula is C20H15NO9S. The highest BCUT2D eigenvalue weighted by atomic mass is 32.2. The van der Waals surface area contributed by atoms with E-state index in [1.165, 1.54) is 6.07 Å². The van der Waals surface area contributed by atoms with Crippen molar-refractivity contribution in [2.75, 3.05) is 5.48 Å². The number of carboxylic acid groups (broad SMARTS) is 3. The first-order chi connectivity index (χ1) is 14.7. The van der Waals surface area contributed by atoms with E-state index in [0.717, 1.165) is 30.2 Å². The van der Waals surface area contributed by atoms with Gasteiger partial charge in [0.2, 0.25) is 0 Å². The van der Waals surface area contributed by atoms with Crippen LogP contribution in [0.25, 0.3) is 10.8 Å². The maximum Gasteiger partial charge on any atom is 0.339 e. The molecule has 0 fully saturated rings. The maximum atomic E-state index is 11.3. The lowest BCUT2D eigenvalue weighted by atomic mass is 10.0. The fourth-order valence-corrected chi connectivity index (χ4v) is 3.53. The van der Waals surface area contributed by atoms with Gasteiger partial charge in [-0.05, 0) is 42.6 Å². The molecule has 0 heterocycles. The van der Waals surface area contributed by atoms with Crippen molar-refractivity contribution in [1.82, 2.24) is 0 Å². The zero-order chi connectivity index (χ0) is 22.7. The number of carbonyl (C=O) groups is 3. The highest BCUT2D eigenvalue weighted by molar-refractivity contribution is 7.94. The molecule has 0 saturated heterocycles. The van der Waals surface area contributed by atoms with Crippen LogP contribution in [-0.2, 0) is 9.32 Å². The number of fused-ring (bicyclic) bond motifs is 1. The van der Waals surface area contributed by atoms with Crippen molar-refractivity contribution in [3.8, 4) is 5.75 Å². The predicted octanol–water partition coefficient (Wildman–Crippen LogP) is 3.93. The number of aromatic carboxylic acids is 3. The summed E-state index contributed by atoms with van der Waals surface area (Å²) in [4.78, 5) is 38.9. The number of nitrogens with one attached hydrogen (secondary N) is 1. The Kier molecular flexibility index (Phi) is 6.30. The van der Waals surface area contributed by atoms with E-state index in [2.05, 4.69) is 5.48 Å². The Morgan fingerprint density at radius 1 is 0.935 bits per heavy atom. The van der Waals surface area contributed by atoms with Gasteiger partial charge in [0.05, 0.1) is 28.9 Å². The van der Waals surface area contributed by atoms with Crippen LogP contribution in [0.5, 0.6) is 5.75 Å². The minimum atomic E-state index is -1.31. The smallest absolute Gasteiger partial charge is 0.339 e. The standard InChI is InChI=1S/C20H15NO9S/c1-9-16-10(8-14(17(9)22)20(27)28)3-2-4-15(16)31-30-29-21-13-6-11(18(23)24)5-12(7-13)19(25)26/h2-8,21-22H,1H3,(H,23,24)(H,25,26)(H,27,28). The molecule has 3 aromatic rings. The highest BCUT2D eigenvalue weighted by Gasteiger charge is 2.17. The van der Waals surface area contributed by atoms with Crippen LogP contribution in [0.15, 0.2) is 47.4 Å². The summed E-state index contributed by atoms with van der Waals surface area (Å²) < 4.78 is 5.02. The third-order valence-corrected chi connectivity index (χ3v) is 4.97. The minimum Gasteiger partial charge on any atom is -0.507 e. The normalized spacial score (nSPS) is 10.7. The van der Waals surface area contributed by atoms with Gasteiger partial charge < -0.3 is 20.4 Å². The predicted molar refractivity (Wildman–Crippen MR) is 109 cm³/mol. The molecule has 0 unspecified atom stereocenters. The summed E-state index contributed by atoms with van der Waals surface area (Å²) in [7, 11) is 0. The van der Waals surface area contributed by atoms with E-state index in [-0.39, 0.29) is 28.1 Å². The lowest BCUT2D eigenvalue weighted by Gasteiger charge is -2.12. The SMILES string of the molecule is Cc1c(O)c(C(=O)O)cc2cccc(SOONc3cc(C(=O)O)cc(C(=O)O)c3)c12. The molecule has 0 aliphatic carbocycles. The first-order valence-corrected chi connectivity index (χ1v) is 9.29. The second-order valence-corrected chi connectivity index (χ2v) is 7.05. The summed E-state index contributed by atoms with van der Waals surface area (Å²) in [5.74, 6) is -4.24. The molecule has 0 saturated carbocycles. The van der Waals surface area contributed by atoms with Gasteiger partial charge in [-0.2, -0.15) is 0 Å². The summed E-state index contributed by atoms with van der Waals surface area (Å²) in [5.41, 5.74) is 1.95. The monoisotopic (exact) mass is 445 g/mol. The molecule has 0 amide bonds. The molecule has 5 N–H and O–H groups in total. The average Bonchev–Trinajstić information content (AvgIpc) is 2.73. The van der Waals surface area contributed by atoms with Gasteiger partial charge in [-0.25, -0.2) is 19.9 Å². The second-order valence-electron chi connectivity index (χ2n) is 6.30.